The van der Waals surface area contributed by atoms with Crippen LogP contribution in [-0.2, 0) is 0 Å². The zero-order chi connectivity index (χ0) is 15.1. The quantitative estimate of drug-likeness (QED) is 0.876. The number of ketones is 1. The third kappa shape index (κ3) is 1.89. The number of hydrogen-bond donors (Lipinski definition) is 1. The van der Waals surface area contributed by atoms with Gasteiger partial charge in [0.2, 0.25) is 5.96 Å². The molecule has 0 unspecified atom stereocenters. The van der Waals surface area contributed by atoms with Crippen LogP contribution in [0.4, 0.5) is 0 Å². The van der Waals surface area contributed by atoms with Crippen LogP contribution < -0.4 is 5.73 Å². The van der Waals surface area contributed by atoms with Crippen LogP contribution in [0.15, 0.2) is 70.2 Å². The van der Waals surface area contributed by atoms with Crippen molar-refractivity contribution in [3.8, 4) is 0 Å². The molecule has 4 rings (SSSR count). The van der Waals surface area contributed by atoms with E-state index in [-0.39, 0.29) is 11.7 Å². The summed E-state index contributed by atoms with van der Waals surface area (Å²) in [4.78, 5) is 21.4. The molecule has 0 aromatic heterocycles. The highest BCUT2D eigenvalue weighted by atomic mass is 16.1. The first-order valence-corrected chi connectivity index (χ1v) is 7.08. The van der Waals surface area contributed by atoms with Crippen LogP contribution in [0.2, 0.25) is 0 Å². The van der Waals surface area contributed by atoms with Gasteiger partial charge in [0.15, 0.2) is 5.78 Å². The van der Waals surface area contributed by atoms with Crippen LogP contribution in [-0.4, -0.2) is 17.5 Å². The summed E-state index contributed by atoms with van der Waals surface area (Å²) in [7, 11) is 0. The Labute approximate surface area is 127 Å². The summed E-state index contributed by atoms with van der Waals surface area (Å²) in [6.45, 7) is 0. The van der Waals surface area contributed by atoms with E-state index in [0.717, 1.165) is 16.8 Å². The van der Waals surface area contributed by atoms with Crippen LogP contribution in [0.25, 0.3) is 5.70 Å². The number of benzene rings is 2. The topological polar surface area (TPSA) is 67.8 Å². The molecule has 4 heteroatoms. The minimum Gasteiger partial charge on any atom is -0.368 e. The summed E-state index contributed by atoms with van der Waals surface area (Å²) in [5.74, 6) is 0.209. The van der Waals surface area contributed by atoms with Crippen molar-refractivity contribution in [2.45, 2.75) is 6.42 Å². The molecule has 0 fully saturated rings. The molecule has 4 nitrogen and oxygen atoms in total. The predicted molar refractivity (Wildman–Crippen MR) is 86.9 cm³/mol. The molecule has 0 spiro atoms. The van der Waals surface area contributed by atoms with Crippen molar-refractivity contribution < 1.29 is 4.79 Å². The lowest BCUT2D eigenvalue weighted by Gasteiger charge is -2.05. The smallest absolute Gasteiger partial charge is 0.220 e. The van der Waals surface area contributed by atoms with E-state index in [1.165, 1.54) is 0 Å². The first-order chi connectivity index (χ1) is 10.7. The minimum absolute atomic E-state index is 0.0210. The van der Waals surface area contributed by atoms with Crippen LogP contribution in [0.1, 0.15) is 27.9 Å². The number of Topliss-reactive ketones (excluding diaryl/α,β-unsaturated/α-hetero) is 1. The summed E-state index contributed by atoms with van der Waals surface area (Å²) >= 11 is 0. The Morgan fingerprint density at radius 3 is 2.32 bits per heavy atom. The maximum absolute atomic E-state index is 12.6. The van der Waals surface area contributed by atoms with Crippen LogP contribution in [0.5, 0.6) is 0 Å². The molecule has 1 heterocycles. The third-order valence-corrected chi connectivity index (χ3v) is 3.91. The van der Waals surface area contributed by atoms with Crippen molar-refractivity contribution in [3.63, 3.8) is 0 Å². The van der Waals surface area contributed by atoms with E-state index >= 15 is 0 Å². The second-order valence-electron chi connectivity index (χ2n) is 5.27. The molecule has 0 atom stereocenters. The van der Waals surface area contributed by atoms with Gasteiger partial charge in [-0.3, -0.25) is 4.79 Å². The van der Waals surface area contributed by atoms with E-state index in [1.807, 2.05) is 54.6 Å². The van der Waals surface area contributed by atoms with Gasteiger partial charge in [0.1, 0.15) is 0 Å². The number of fused-ring (bicyclic) bond motifs is 2. The molecule has 1 aliphatic heterocycles. The number of allylic oxidation sites excluding steroid dienone is 1. The van der Waals surface area contributed by atoms with Gasteiger partial charge in [-0.15, -0.1) is 0 Å². The summed E-state index contributed by atoms with van der Waals surface area (Å²) in [5, 5.41) is 0. The zero-order valence-corrected chi connectivity index (χ0v) is 11.8. The van der Waals surface area contributed by atoms with Crippen LogP contribution in [0.3, 0.4) is 0 Å². The Bertz CT molecular complexity index is 876. The highest BCUT2D eigenvalue weighted by molar-refractivity contribution is 6.25. The number of aliphatic imine (C=N–C) groups is 2. The van der Waals surface area contributed by atoms with E-state index in [2.05, 4.69) is 9.98 Å². The largest absolute Gasteiger partial charge is 0.368 e. The molecule has 0 saturated heterocycles. The van der Waals surface area contributed by atoms with Crippen molar-refractivity contribution in [1.82, 2.24) is 0 Å². The van der Waals surface area contributed by atoms with Gasteiger partial charge in [0.05, 0.1) is 11.4 Å². The van der Waals surface area contributed by atoms with Gasteiger partial charge in [0, 0.05) is 23.1 Å². The second-order valence-corrected chi connectivity index (χ2v) is 5.27. The summed E-state index contributed by atoms with van der Waals surface area (Å²) in [6, 6.07) is 17.2. The average Bonchev–Trinajstić information content (AvgIpc) is 2.71. The lowest BCUT2D eigenvalue weighted by Crippen LogP contribution is -2.13. The molecular formula is C18H13N3O. The van der Waals surface area contributed by atoms with Crippen molar-refractivity contribution in [3.05, 3.63) is 76.9 Å². The fourth-order valence-electron chi connectivity index (χ4n) is 2.89. The van der Waals surface area contributed by atoms with Gasteiger partial charge < -0.3 is 5.73 Å². The monoisotopic (exact) mass is 287 g/mol. The maximum Gasteiger partial charge on any atom is 0.220 e. The van der Waals surface area contributed by atoms with Gasteiger partial charge in [0.25, 0.3) is 0 Å². The van der Waals surface area contributed by atoms with E-state index in [9.17, 15) is 4.79 Å². The average molecular weight is 287 g/mol. The molecule has 2 aliphatic rings. The zero-order valence-electron chi connectivity index (χ0n) is 11.8. The number of nitrogens with zero attached hydrogens (tertiary/aromatic N) is 2. The first kappa shape index (κ1) is 12.7. The summed E-state index contributed by atoms with van der Waals surface area (Å²) in [6.07, 6.45) is 0.442. The Morgan fingerprint density at radius 1 is 0.864 bits per heavy atom. The molecule has 2 aromatic rings. The molecule has 2 N–H and O–H groups in total. The lowest BCUT2D eigenvalue weighted by molar-refractivity contribution is 0.103. The molecule has 106 valence electrons. The molecule has 0 radical (unpaired) electrons. The van der Waals surface area contributed by atoms with Crippen LogP contribution >= 0.6 is 0 Å². The Kier molecular flexibility index (Phi) is 2.76. The van der Waals surface area contributed by atoms with E-state index in [0.29, 0.717) is 23.3 Å². The second kappa shape index (κ2) is 4.77. The molecule has 0 saturated carbocycles. The first-order valence-electron chi connectivity index (χ1n) is 7.08. The fraction of sp³-hybridized carbons (Fsp3) is 0.0556. The summed E-state index contributed by atoms with van der Waals surface area (Å²) in [5.41, 5.74) is 10.5. The molecule has 0 amide bonds. The van der Waals surface area contributed by atoms with Gasteiger partial charge in [-0.05, 0) is 5.56 Å². The van der Waals surface area contributed by atoms with Crippen molar-refractivity contribution in [1.29, 1.82) is 0 Å². The highest BCUT2D eigenvalue weighted by Crippen LogP contribution is 2.37. The molecule has 1 aliphatic carbocycles. The molecule has 2 aromatic carbocycles. The van der Waals surface area contributed by atoms with Crippen molar-refractivity contribution in [2.24, 2.45) is 15.7 Å². The van der Waals surface area contributed by atoms with Gasteiger partial charge in [-0.25, -0.2) is 9.98 Å². The van der Waals surface area contributed by atoms with E-state index < -0.39 is 0 Å². The Morgan fingerprint density at radius 2 is 1.55 bits per heavy atom. The van der Waals surface area contributed by atoms with Crippen LogP contribution in [0, 0.1) is 0 Å². The number of hydrogen-bond acceptors (Lipinski definition) is 4. The maximum atomic E-state index is 12.6. The van der Waals surface area contributed by atoms with Crippen molar-refractivity contribution >= 4 is 23.2 Å². The minimum atomic E-state index is 0.0210. The molecule has 0 bridgehead atoms. The molecular weight excluding hydrogens is 274 g/mol. The van der Waals surface area contributed by atoms with E-state index in [4.69, 9.17) is 5.73 Å². The number of carbonyl (C=O) groups excluding carboxylic acids is 1. The van der Waals surface area contributed by atoms with E-state index in [1.54, 1.807) is 0 Å². The van der Waals surface area contributed by atoms with Gasteiger partial charge in [-0.2, -0.15) is 0 Å². The number of nitrogens with two attached hydrogens (primary N) is 1. The predicted octanol–water partition coefficient (Wildman–Crippen LogP) is 2.80. The standard InChI is InChI=1S/C18H13N3O/c19-18-20-15(11-6-2-1-3-7-11)10-14-16(21-18)12-8-4-5-9-13(12)17(14)22/h1-9H,10H2,(H2,19,21). The number of carbonyl (C=O) groups is 1. The molecule has 22 heavy (non-hydrogen) atoms. The highest BCUT2D eigenvalue weighted by Gasteiger charge is 2.31. The van der Waals surface area contributed by atoms with Gasteiger partial charge >= 0.3 is 0 Å². The number of guanidine groups is 1. The lowest BCUT2D eigenvalue weighted by atomic mass is 9.99. The fourth-order valence-corrected chi connectivity index (χ4v) is 2.89. The summed E-state index contributed by atoms with van der Waals surface area (Å²) < 4.78 is 0. The third-order valence-electron chi connectivity index (χ3n) is 3.91. The van der Waals surface area contributed by atoms with Gasteiger partial charge in [-0.1, -0.05) is 54.6 Å². The Hall–Kier alpha value is -3.01. The normalized spacial score (nSPS) is 16.6. The Balaban J connectivity index is 1.85. The number of rotatable bonds is 1. The SMILES string of the molecule is NC1=NC2=C(CC(c3ccccc3)=N1)C(=O)c1ccccc12. The van der Waals surface area contributed by atoms with Crippen molar-refractivity contribution in [2.75, 3.05) is 0 Å².